The molecule has 6 heteroatoms. The van der Waals surface area contributed by atoms with Gasteiger partial charge < -0.3 is 14.2 Å². The van der Waals surface area contributed by atoms with E-state index in [9.17, 15) is 14.4 Å². The Morgan fingerprint density at radius 2 is 0.565 bits per heavy atom. The highest BCUT2D eigenvalue weighted by Gasteiger charge is 2.19. The van der Waals surface area contributed by atoms with Gasteiger partial charge in [-0.3, -0.25) is 14.4 Å². The zero-order valence-electron chi connectivity index (χ0n) is 42.3. The van der Waals surface area contributed by atoms with E-state index in [1.165, 1.54) is 212 Å². The number of ether oxygens (including phenoxy) is 3. The van der Waals surface area contributed by atoms with Crippen LogP contribution in [0.5, 0.6) is 0 Å². The smallest absolute Gasteiger partial charge is 0.306 e. The van der Waals surface area contributed by atoms with Crippen LogP contribution < -0.4 is 0 Å². The number of rotatable bonds is 51. The van der Waals surface area contributed by atoms with E-state index in [1.54, 1.807) is 0 Å². The molecule has 0 spiro atoms. The largest absolute Gasteiger partial charge is 0.462 e. The molecule has 0 heterocycles. The topological polar surface area (TPSA) is 78.9 Å². The second kappa shape index (κ2) is 50.4. The van der Waals surface area contributed by atoms with E-state index < -0.39 is 6.10 Å². The Kier molecular flexibility index (Phi) is 49.1. The molecule has 0 aromatic rings. The van der Waals surface area contributed by atoms with Crippen LogP contribution in [0.15, 0.2) is 0 Å². The summed E-state index contributed by atoms with van der Waals surface area (Å²) in [5.74, 6) is 0.0479. The lowest BCUT2D eigenvalue weighted by molar-refractivity contribution is -0.167. The summed E-state index contributed by atoms with van der Waals surface area (Å²) in [7, 11) is 0. The quantitative estimate of drug-likeness (QED) is 0.0344. The van der Waals surface area contributed by atoms with Crippen LogP contribution in [-0.2, 0) is 28.6 Å². The Bertz CT molecular complexity index is 935. The molecule has 368 valence electrons. The predicted octanol–water partition coefficient (Wildman–Crippen LogP) is 18.2. The van der Waals surface area contributed by atoms with Gasteiger partial charge in [0, 0.05) is 19.3 Å². The van der Waals surface area contributed by atoms with E-state index in [1.807, 2.05) is 0 Å². The molecule has 0 amide bonds. The number of carbonyl (C=O) groups is 3. The fourth-order valence-electron chi connectivity index (χ4n) is 8.54. The van der Waals surface area contributed by atoms with Gasteiger partial charge in [-0.05, 0) is 25.2 Å². The standard InChI is InChI=1S/C56H108O6/c1-5-8-10-12-14-15-16-17-18-19-20-21-22-26-29-32-36-40-44-48-55(58)61-51-53(50-60-54(57)47-43-39-34-13-11-9-6-2)62-56(59)49-45-41-37-33-30-27-24-23-25-28-31-35-38-42-46-52(4)7-3/h52-53H,5-51H2,1-4H3/t52?,53-/m0/s1. The maximum Gasteiger partial charge on any atom is 0.306 e. The van der Waals surface area contributed by atoms with Crippen molar-refractivity contribution in [3.8, 4) is 0 Å². The van der Waals surface area contributed by atoms with Crippen LogP contribution >= 0.6 is 0 Å². The zero-order chi connectivity index (χ0) is 45.2. The van der Waals surface area contributed by atoms with Crippen molar-refractivity contribution in [1.82, 2.24) is 0 Å². The van der Waals surface area contributed by atoms with Gasteiger partial charge in [-0.1, -0.05) is 278 Å². The van der Waals surface area contributed by atoms with Crippen LogP contribution in [0.4, 0.5) is 0 Å². The van der Waals surface area contributed by atoms with Crippen LogP contribution in [0.25, 0.3) is 0 Å². The molecule has 0 aromatic heterocycles. The third-order valence-corrected chi connectivity index (χ3v) is 13.2. The minimum Gasteiger partial charge on any atom is -0.462 e. The van der Waals surface area contributed by atoms with Gasteiger partial charge in [0.1, 0.15) is 13.2 Å². The predicted molar refractivity (Wildman–Crippen MR) is 266 cm³/mol. The summed E-state index contributed by atoms with van der Waals surface area (Å²) in [6.45, 7) is 9.05. The monoisotopic (exact) mass is 877 g/mol. The molecule has 2 atom stereocenters. The zero-order valence-corrected chi connectivity index (χ0v) is 42.3. The first-order valence-corrected chi connectivity index (χ1v) is 27.9. The fraction of sp³-hybridized carbons (Fsp3) is 0.946. The van der Waals surface area contributed by atoms with Gasteiger partial charge in [-0.15, -0.1) is 0 Å². The van der Waals surface area contributed by atoms with Crippen molar-refractivity contribution >= 4 is 17.9 Å². The summed E-state index contributed by atoms with van der Waals surface area (Å²) in [6.07, 6.45) is 53.9. The molecule has 6 nitrogen and oxygen atoms in total. The lowest BCUT2D eigenvalue weighted by Crippen LogP contribution is -2.30. The van der Waals surface area contributed by atoms with E-state index in [2.05, 4.69) is 27.7 Å². The number of unbranched alkanes of at least 4 members (excludes halogenated alkanes) is 37. The van der Waals surface area contributed by atoms with E-state index in [0.717, 1.165) is 63.7 Å². The van der Waals surface area contributed by atoms with E-state index in [4.69, 9.17) is 14.2 Å². The number of esters is 3. The average molecular weight is 877 g/mol. The van der Waals surface area contributed by atoms with Crippen LogP contribution in [0.1, 0.15) is 317 Å². The van der Waals surface area contributed by atoms with Crippen LogP contribution in [-0.4, -0.2) is 37.2 Å². The average Bonchev–Trinajstić information content (AvgIpc) is 3.27. The van der Waals surface area contributed by atoms with Crippen LogP contribution in [0.3, 0.4) is 0 Å². The van der Waals surface area contributed by atoms with Crippen LogP contribution in [0.2, 0.25) is 0 Å². The first-order chi connectivity index (χ1) is 30.4. The van der Waals surface area contributed by atoms with Gasteiger partial charge in [0.05, 0.1) is 0 Å². The van der Waals surface area contributed by atoms with Crippen molar-refractivity contribution < 1.29 is 28.6 Å². The molecule has 0 N–H and O–H groups in total. The molecule has 1 unspecified atom stereocenters. The Morgan fingerprint density at radius 3 is 0.839 bits per heavy atom. The van der Waals surface area contributed by atoms with Crippen molar-refractivity contribution in [2.45, 2.75) is 323 Å². The highest BCUT2D eigenvalue weighted by atomic mass is 16.6. The molecule has 62 heavy (non-hydrogen) atoms. The van der Waals surface area contributed by atoms with Gasteiger partial charge >= 0.3 is 17.9 Å². The fourth-order valence-corrected chi connectivity index (χ4v) is 8.54. The first-order valence-electron chi connectivity index (χ1n) is 27.9. The molecule has 0 aliphatic rings. The summed E-state index contributed by atoms with van der Waals surface area (Å²) in [5, 5.41) is 0. The van der Waals surface area contributed by atoms with Gasteiger partial charge in [0.25, 0.3) is 0 Å². The number of hydrogen-bond donors (Lipinski definition) is 0. The molecule has 0 aliphatic heterocycles. The molecule has 0 rings (SSSR count). The number of carbonyl (C=O) groups excluding carboxylic acids is 3. The van der Waals surface area contributed by atoms with Crippen molar-refractivity contribution in [2.24, 2.45) is 5.92 Å². The summed E-state index contributed by atoms with van der Waals surface area (Å²) in [4.78, 5) is 37.9. The molecule has 0 saturated heterocycles. The van der Waals surface area contributed by atoms with Gasteiger partial charge in [0.15, 0.2) is 6.10 Å². The van der Waals surface area contributed by atoms with Gasteiger partial charge in [0.2, 0.25) is 0 Å². The maximum absolute atomic E-state index is 12.8. The van der Waals surface area contributed by atoms with E-state index in [-0.39, 0.29) is 31.1 Å². The second-order valence-corrected chi connectivity index (χ2v) is 19.5. The summed E-state index contributed by atoms with van der Waals surface area (Å²) < 4.78 is 16.8. The van der Waals surface area contributed by atoms with E-state index in [0.29, 0.717) is 19.3 Å². The molecule has 0 fully saturated rings. The molecule has 0 bridgehead atoms. The van der Waals surface area contributed by atoms with Gasteiger partial charge in [-0.25, -0.2) is 0 Å². The van der Waals surface area contributed by atoms with Crippen LogP contribution in [0, 0.1) is 5.92 Å². The Morgan fingerprint density at radius 1 is 0.323 bits per heavy atom. The lowest BCUT2D eigenvalue weighted by Gasteiger charge is -2.18. The minimum atomic E-state index is -0.760. The Labute approximate surface area is 387 Å². The molecular weight excluding hydrogens is 769 g/mol. The highest BCUT2D eigenvalue weighted by molar-refractivity contribution is 5.71. The summed E-state index contributed by atoms with van der Waals surface area (Å²) in [6, 6.07) is 0. The van der Waals surface area contributed by atoms with Crippen molar-refractivity contribution in [3.05, 3.63) is 0 Å². The molecular formula is C56H108O6. The third-order valence-electron chi connectivity index (χ3n) is 13.2. The number of hydrogen-bond acceptors (Lipinski definition) is 6. The normalized spacial score (nSPS) is 12.4. The first kappa shape index (κ1) is 60.4. The molecule has 0 saturated carbocycles. The Hall–Kier alpha value is -1.59. The Balaban J connectivity index is 4.15. The molecule has 0 aromatic carbocycles. The summed E-state index contributed by atoms with van der Waals surface area (Å²) in [5.41, 5.74) is 0. The van der Waals surface area contributed by atoms with Crippen molar-refractivity contribution in [1.29, 1.82) is 0 Å². The second-order valence-electron chi connectivity index (χ2n) is 19.5. The SMILES string of the molecule is CCCCCCCCCCCCCCCCCCCCCC(=O)OC[C@H](COC(=O)CCCCCCCCC)OC(=O)CCCCCCCCCCCCCCCCC(C)CC. The molecule has 0 radical (unpaired) electrons. The highest BCUT2D eigenvalue weighted by Crippen LogP contribution is 2.18. The lowest BCUT2D eigenvalue weighted by atomic mass is 9.99. The third kappa shape index (κ3) is 47.9. The summed E-state index contributed by atoms with van der Waals surface area (Å²) >= 11 is 0. The maximum atomic E-state index is 12.8. The van der Waals surface area contributed by atoms with Crippen molar-refractivity contribution in [2.75, 3.05) is 13.2 Å². The van der Waals surface area contributed by atoms with Crippen molar-refractivity contribution in [3.63, 3.8) is 0 Å². The van der Waals surface area contributed by atoms with E-state index >= 15 is 0 Å². The molecule has 0 aliphatic carbocycles. The van der Waals surface area contributed by atoms with Gasteiger partial charge in [-0.2, -0.15) is 0 Å². The minimum absolute atomic E-state index is 0.0627.